The number of nitrogens with one attached hydrogen (secondary N) is 1. The number of nitro benzene ring substituents is 1. The third kappa shape index (κ3) is 3.12. The largest absolute Gasteiger partial charge is 0.381 e. The first-order chi connectivity index (χ1) is 9.47. The van der Waals surface area contributed by atoms with Gasteiger partial charge in [0.25, 0.3) is 5.69 Å². The normalized spacial score (nSPS) is 10.3. The first-order valence-corrected chi connectivity index (χ1v) is 6.40. The number of hydrogen-bond donors (Lipinski definition) is 1. The Balaban J connectivity index is 2.47. The second kappa shape index (κ2) is 5.69. The van der Waals surface area contributed by atoms with Crippen LogP contribution in [0.1, 0.15) is 19.5 Å². The third-order valence-corrected chi connectivity index (χ3v) is 2.93. The van der Waals surface area contributed by atoms with Crippen LogP contribution in [0.4, 0.5) is 11.4 Å². The van der Waals surface area contributed by atoms with E-state index >= 15 is 0 Å². The fourth-order valence-electron chi connectivity index (χ4n) is 1.97. The fourth-order valence-corrected chi connectivity index (χ4v) is 1.97. The number of hydrogen-bond acceptors (Lipinski definition) is 4. The Hall–Kier alpha value is -2.43. The lowest BCUT2D eigenvalue weighted by molar-refractivity contribution is -0.384. The predicted molar refractivity (Wildman–Crippen MR) is 81.1 cm³/mol. The van der Waals surface area contributed by atoms with Gasteiger partial charge in [-0.3, -0.25) is 15.1 Å². The van der Waals surface area contributed by atoms with Crippen molar-refractivity contribution in [2.24, 2.45) is 0 Å². The highest BCUT2D eigenvalue weighted by Crippen LogP contribution is 2.27. The van der Waals surface area contributed by atoms with Crippen molar-refractivity contribution < 1.29 is 4.92 Å². The molecule has 0 unspecified atom stereocenters. The van der Waals surface area contributed by atoms with E-state index in [1.54, 1.807) is 12.1 Å². The molecule has 0 aliphatic carbocycles. The van der Waals surface area contributed by atoms with Crippen LogP contribution in [-0.4, -0.2) is 16.5 Å². The third-order valence-electron chi connectivity index (χ3n) is 2.93. The summed E-state index contributed by atoms with van der Waals surface area (Å²) in [7, 11) is 0. The number of aryl methyl sites for hydroxylation is 1. The summed E-state index contributed by atoms with van der Waals surface area (Å²) >= 11 is 0. The van der Waals surface area contributed by atoms with Crippen molar-refractivity contribution in [3.8, 4) is 0 Å². The summed E-state index contributed by atoms with van der Waals surface area (Å²) in [6.45, 7) is 6.65. The van der Waals surface area contributed by atoms with Crippen molar-refractivity contribution in [1.82, 2.24) is 4.98 Å². The molecule has 1 aromatic carbocycles. The van der Waals surface area contributed by atoms with Crippen LogP contribution in [-0.2, 0) is 0 Å². The van der Waals surface area contributed by atoms with Crippen molar-refractivity contribution in [1.29, 1.82) is 0 Å². The predicted octanol–water partition coefficient (Wildman–Crippen LogP) is 3.83. The zero-order valence-electron chi connectivity index (χ0n) is 11.8. The van der Waals surface area contributed by atoms with Gasteiger partial charge >= 0.3 is 0 Å². The highest BCUT2D eigenvalue weighted by Gasteiger charge is 2.10. The van der Waals surface area contributed by atoms with Crippen LogP contribution in [0.5, 0.6) is 0 Å². The zero-order chi connectivity index (χ0) is 14.7. The van der Waals surface area contributed by atoms with Gasteiger partial charge in [0.2, 0.25) is 0 Å². The molecule has 0 bridgehead atoms. The molecule has 5 heteroatoms. The number of aromatic nitrogens is 1. The Morgan fingerprint density at radius 3 is 2.80 bits per heavy atom. The molecule has 2 rings (SSSR count). The zero-order valence-corrected chi connectivity index (χ0v) is 11.8. The van der Waals surface area contributed by atoms with Gasteiger partial charge in [0.1, 0.15) is 0 Å². The summed E-state index contributed by atoms with van der Waals surface area (Å²) in [6.07, 6.45) is 2.07. The molecule has 20 heavy (non-hydrogen) atoms. The minimum absolute atomic E-state index is 0.0772. The van der Waals surface area contributed by atoms with E-state index in [9.17, 15) is 10.1 Å². The van der Waals surface area contributed by atoms with Gasteiger partial charge in [-0.05, 0) is 32.9 Å². The minimum atomic E-state index is -0.390. The number of rotatable bonds is 4. The van der Waals surface area contributed by atoms with Crippen molar-refractivity contribution in [3.63, 3.8) is 0 Å². The van der Waals surface area contributed by atoms with Gasteiger partial charge < -0.3 is 5.32 Å². The summed E-state index contributed by atoms with van der Waals surface area (Å²) in [5.74, 6) is 0. The van der Waals surface area contributed by atoms with E-state index in [4.69, 9.17) is 0 Å². The Labute approximate surface area is 117 Å². The average molecular weight is 271 g/mol. The van der Waals surface area contributed by atoms with E-state index < -0.39 is 0 Å². The van der Waals surface area contributed by atoms with Gasteiger partial charge in [0.15, 0.2) is 0 Å². The molecule has 0 saturated heterocycles. The molecule has 1 aromatic heterocycles. The molecule has 0 amide bonds. The number of benzene rings is 1. The molecule has 1 heterocycles. The van der Waals surface area contributed by atoms with Crippen molar-refractivity contribution in [2.45, 2.75) is 20.8 Å². The highest BCUT2D eigenvalue weighted by molar-refractivity contribution is 5.93. The molecule has 0 aliphatic rings. The van der Waals surface area contributed by atoms with E-state index in [1.165, 1.54) is 11.6 Å². The van der Waals surface area contributed by atoms with Gasteiger partial charge in [-0.2, -0.15) is 0 Å². The molecule has 0 fully saturated rings. The first kappa shape index (κ1) is 14.0. The first-order valence-electron chi connectivity index (χ1n) is 6.40. The van der Waals surface area contributed by atoms with Gasteiger partial charge in [0, 0.05) is 35.4 Å². The summed E-state index contributed by atoms with van der Waals surface area (Å²) in [5.41, 5.74) is 3.81. The second-order valence-corrected chi connectivity index (χ2v) is 4.93. The number of nitrogens with zero attached hydrogens (tertiary/aromatic N) is 2. The number of nitro groups is 1. The maximum Gasteiger partial charge on any atom is 0.270 e. The molecule has 0 saturated carbocycles. The Morgan fingerprint density at radius 1 is 1.40 bits per heavy atom. The molecule has 0 radical (unpaired) electrons. The number of allylic oxidation sites excluding steroid dienone is 1. The Bertz CT molecular complexity index is 689. The molecule has 0 aliphatic heterocycles. The number of fused-ring (bicyclic) bond motifs is 1. The van der Waals surface area contributed by atoms with Crippen LogP contribution in [0, 0.1) is 17.0 Å². The molecule has 104 valence electrons. The van der Waals surface area contributed by atoms with E-state index in [2.05, 4.69) is 16.4 Å². The summed E-state index contributed by atoms with van der Waals surface area (Å²) in [6, 6.07) is 6.64. The molecule has 5 nitrogen and oxygen atoms in total. The van der Waals surface area contributed by atoms with E-state index in [-0.39, 0.29) is 10.6 Å². The van der Waals surface area contributed by atoms with E-state index in [0.717, 1.165) is 22.3 Å². The Morgan fingerprint density at radius 2 is 2.15 bits per heavy atom. The van der Waals surface area contributed by atoms with Gasteiger partial charge in [-0.1, -0.05) is 11.6 Å². The lowest BCUT2D eigenvalue weighted by Gasteiger charge is -2.09. The summed E-state index contributed by atoms with van der Waals surface area (Å²) in [4.78, 5) is 14.9. The van der Waals surface area contributed by atoms with Crippen molar-refractivity contribution >= 4 is 22.3 Å². The van der Waals surface area contributed by atoms with Crippen LogP contribution in [0.15, 0.2) is 35.9 Å². The number of anilines is 1. The molecule has 1 N–H and O–H groups in total. The van der Waals surface area contributed by atoms with Crippen molar-refractivity contribution in [3.05, 3.63) is 51.7 Å². The van der Waals surface area contributed by atoms with Crippen LogP contribution < -0.4 is 5.32 Å². The number of non-ortho nitro benzene ring substituents is 1. The second-order valence-electron chi connectivity index (χ2n) is 4.93. The number of pyridine rings is 1. The van der Waals surface area contributed by atoms with E-state index in [0.29, 0.717) is 6.54 Å². The standard InChI is InChI=1S/C15H17N3O2/c1-10(2)6-7-16-15-8-11(3)17-14-5-4-12(18(19)20)9-13(14)15/h4-6,8-9H,7H2,1-3H3,(H,16,17). The highest BCUT2D eigenvalue weighted by atomic mass is 16.6. The molecule has 2 aromatic rings. The molecule has 0 spiro atoms. The van der Waals surface area contributed by atoms with Crippen LogP contribution >= 0.6 is 0 Å². The average Bonchev–Trinajstić information content (AvgIpc) is 2.37. The van der Waals surface area contributed by atoms with Gasteiger partial charge in [0.05, 0.1) is 10.4 Å². The molecular weight excluding hydrogens is 254 g/mol. The lowest BCUT2D eigenvalue weighted by atomic mass is 10.1. The smallest absolute Gasteiger partial charge is 0.270 e. The maximum atomic E-state index is 10.9. The van der Waals surface area contributed by atoms with Crippen molar-refractivity contribution in [2.75, 3.05) is 11.9 Å². The van der Waals surface area contributed by atoms with E-state index in [1.807, 2.05) is 26.8 Å². The monoisotopic (exact) mass is 271 g/mol. The minimum Gasteiger partial charge on any atom is -0.381 e. The fraction of sp³-hybridized carbons (Fsp3) is 0.267. The van der Waals surface area contributed by atoms with Gasteiger partial charge in [-0.25, -0.2) is 0 Å². The maximum absolute atomic E-state index is 10.9. The SMILES string of the molecule is CC(C)=CCNc1cc(C)nc2ccc([N+](=O)[O-])cc12. The topological polar surface area (TPSA) is 68.1 Å². The molecular formula is C15H17N3O2. The Kier molecular flexibility index (Phi) is 3.98. The van der Waals surface area contributed by atoms with Crippen LogP contribution in [0.2, 0.25) is 0 Å². The summed E-state index contributed by atoms with van der Waals surface area (Å²) < 4.78 is 0. The van der Waals surface area contributed by atoms with Gasteiger partial charge in [-0.15, -0.1) is 0 Å². The lowest BCUT2D eigenvalue weighted by Crippen LogP contribution is -2.01. The summed E-state index contributed by atoms with van der Waals surface area (Å²) in [5, 5.41) is 14.9. The van der Waals surface area contributed by atoms with Crippen LogP contribution in [0.25, 0.3) is 10.9 Å². The quantitative estimate of drug-likeness (QED) is 0.521. The van der Waals surface area contributed by atoms with Crippen LogP contribution in [0.3, 0.4) is 0 Å². The molecule has 0 atom stereocenters.